The van der Waals surface area contributed by atoms with Crippen LogP contribution in [0.4, 0.5) is 10.5 Å². The Bertz CT molecular complexity index is 1520. The van der Waals surface area contributed by atoms with Crippen LogP contribution in [0.1, 0.15) is 45.9 Å². The van der Waals surface area contributed by atoms with Crippen molar-refractivity contribution in [2.75, 3.05) is 5.32 Å². The Balaban J connectivity index is 1.77. The summed E-state index contributed by atoms with van der Waals surface area (Å²) in [6.45, 7) is 3.47. The van der Waals surface area contributed by atoms with Crippen LogP contribution in [0.15, 0.2) is 109 Å². The zero-order valence-electron chi connectivity index (χ0n) is 22.1. The fourth-order valence-corrected chi connectivity index (χ4v) is 5.95. The minimum atomic E-state index is -1.79. The maximum Gasteiger partial charge on any atom is 0.330 e. The SMILES string of the molecule is Cc1ccc(C2C(C(=O)c3ccccc3)C(c3ccc(Cl)cc3)C(C)(C(=O)O)N2C(=O)Nc2ccccc2)cc1. The number of amides is 2. The highest BCUT2D eigenvalue weighted by molar-refractivity contribution is 6.30. The van der Waals surface area contributed by atoms with Gasteiger partial charge in [-0.15, -0.1) is 0 Å². The number of aryl methyl sites for hydroxylation is 1. The van der Waals surface area contributed by atoms with Crippen LogP contribution in [0.25, 0.3) is 0 Å². The lowest BCUT2D eigenvalue weighted by atomic mass is 9.71. The predicted molar refractivity (Wildman–Crippen MR) is 156 cm³/mol. The molecule has 4 atom stereocenters. The van der Waals surface area contributed by atoms with Gasteiger partial charge in [-0.1, -0.05) is 102 Å². The minimum absolute atomic E-state index is 0.242. The van der Waals surface area contributed by atoms with E-state index in [1.54, 1.807) is 72.8 Å². The van der Waals surface area contributed by atoms with Crippen LogP contribution in [-0.2, 0) is 4.79 Å². The highest BCUT2D eigenvalue weighted by Crippen LogP contribution is 2.56. The molecule has 202 valence electrons. The number of Topliss-reactive ketones (excluding diaryl/α,β-unsaturated/α-hetero) is 1. The summed E-state index contributed by atoms with van der Waals surface area (Å²) in [6.07, 6.45) is 0. The van der Waals surface area contributed by atoms with Gasteiger partial charge < -0.3 is 10.4 Å². The molecule has 1 heterocycles. The molecule has 0 radical (unpaired) electrons. The summed E-state index contributed by atoms with van der Waals surface area (Å²) in [7, 11) is 0. The molecule has 4 aromatic rings. The number of likely N-dealkylation sites (tertiary alicyclic amines) is 1. The summed E-state index contributed by atoms with van der Waals surface area (Å²) in [5, 5.41) is 14.2. The number of hydrogen-bond donors (Lipinski definition) is 2. The first-order valence-corrected chi connectivity index (χ1v) is 13.4. The minimum Gasteiger partial charge on any atom is -0.479 e. The van der Waals surface area contributed by atoms with Crippen molar-refractivity contribution in [3.63, 3.8) is 0 Å². The topological polar surface area (TPSA) is 86.7 Å². The molecule has 7 heteroatoms. The molecule has 2 N–H and O–H groups in total. The third kappa shape index (κ3) is 4.87. The first-order valence-electron chi connectivity index (χ1n) is 13.0. The molecule has 40 heavy (non-hydrogen) atoms. The van der Waals surface area contributed by atoms with Crippen molar-refractivity contribution in [1.82, 2.24) is 4.90 Å². The monoisotopic (exact) mass is 552 g/mol. The Kier molecular flexibility index (Phi) is 7.46. The third-order valence-electron chi connectivity index (χ3n) is 7.77. The van der Waals surface area contributed by atoms with Gasteiger partial charge >= 0.3 is 12.0 Å². The number of aliphatic carboxylic acids is 1. The Morgan fingerprint density at radius 3 is 1.93 bits per heavy atom. The number of ketones is 1. The molecular formula is C33H29ClN2O4. The van der Waals surface area contributed by atoms with Gasteiger partial charge in [-0.2, -0.15) is 0 Å². The molecule has 0 spiro atoms. The van der Waals surface area contributed by atoms with E-state index in [9.17, 15) is 19.5 Å². The van der Waals surface area contributed by atoms with Crippen LogP contribution in [0, 0.1) is 12.8 Å². The molecule has 1 aliphatic rings. The number of halogens is 1. The third-order valence-corrected chi connectivity index (χ3v) is 8.02. The molecule has 6 nitrogen and oxygen atoms in total. The largest absolute Gasteiger partial charge is 0.479 e. The van der Waals surface area contributed by atoms with Gasteiger partial charge in [0, 0.05) is 22.2 Å². The fourth-order valence-electron chi connectivity index (χ4n) is 5.82. The molecule has 2 amide bonds. The maximum absolute atomic E-state index is 14.4. The second kappa shape index (κ2) is 11.0. The molecule has 0 aromatic heterocycles. The number of hydrogen-bond acceptors (Lipinski definition) is 3. The summed E-state index contributed by atoms with van der Waals surface area (Å²) in [4.78, 5) is 43.2. The Labute approximate surface area is 238 Å². The first kappa shape index (κ1) is 27.2. The van der Waals surface area contributed by atoms with E-state index in [0.717, 1.165) is 5.56 Å². The molecule has 5 rings (SSSR count). The van der Waals surface area contributed by atoms with E-state index in [2.05, 4.69) is 5.32 Å². The number of nitrogens with one attached hydrogen (secondary N) is 1. The Morgan fingerprint density at radius 2 is 1.35 bits per heavy atom. The van der Waals surface area contributed by atoms with Crippen molar-refractivity contribution in [2.45, 2.75) is 31.3 Å². The predicted octanol–water partition coefficient (Wildman–Crippen LogP) is 7.36. The van der Waals surface area contributed by atoms with E-state index in [-0.39, 0.29) is 5.78 Å². The van der Waals surface area contributed by atoms with Gasteiger partial charge in [-0.25, -0.2) is 9.59 Å². The number of carbonyl (C=O) groups is 3. The summed E-state index contributed by atoms with van der Waals surface area (Å²) < 4.78 is 0. The lowest BCUT2D eigenvalue weighted by molar-refractivity contribution is -0.148. The highest BCUT2D eigenvalue weighted by atomic mass is 35.5. The molecular weight excluding hydrogens is 524 g/mol. The van der Waals surface area contributed by atoms with Crippen molar-refractivity contribution < 1.29 is 19.5 Å². The van der Waals surface area contributed by atoms with Crippen LogP contribution >= 0.6 is 11.6 Å². The van der Waals surface area contributed by atoms with Crippen LogP contribution < -0.4 is 5.32 Å². The van der Waals surface area contributed by atoms with Crippen molar-refractivity contribution in [3.8, 4) is 0 Å². The van der Waals surface area contributed by atoms with Crippen LogP contribution in [0.5, 0.6) is 0 Å². The van der Waals surface area contributed by atoms with E-state index >= 15 is 0 Å². The van der Waals surface area contributed by atoms with E-state index in [0.29, 0.717) is 27.4 Å². The zero-order chi connectivity index (χ0) is 28.4. The average Bonchev–Trinajstić information content (AvgIpc) is 3.25. The van der Waals surface area contributed by atoms with Crippen molar-refractivity contribution in [3.05, 3.63) is 136 Å². The van der Waals surface area contributed by atoms with Crippen LogP contribution in [0.2, 0.25) is 5.02 Å². The lowest BCUT2D eigenvalue weighted by Gasteiger charge is -2.37. The van der Waals surface area contributed by atoms with Gasteiger partial charge in [-0.3, -0.25) is 9.69 Å². The molecule has 4 unspecified atom stereocenters. The molecule has 0 aliphatic carbocycles. The Morgan fingerprint density at radius 1 is 0.800 bits per heavy atom. The van der Waals surface area contributed by atoms with Gasteiger partial charge in [0.15, 0.2) is 5.78 Å². The number of carboxylic acids is 1. The maximum atomic E-state index is 14.4. The van der Waals surface area contributed by atoms with Crippen LogP contribution in [0.3, 0.4) is 0 Å². The van der Waals surface area contributed by atoms with E-state index in [1.807, 2.05) is 43.3 Å². The summed E-state index contributed by atoms with van der Waals surface area (Å²) in [6, 6.07) is 30.5. The number of carbonyl (C=O) groups excluding carboxylic acids is 2. The molecule has 1 saturated heterocycles. The first-order chi connectivity index (χ1) is 19.2. The number of para-hydroxylation sites is 1. The second-order valence-corrected chi connectivity index (χ2v) is 10.7. The van der Waals surface area contributed by atoms with Crippen molar-refractivity contribution >= 4 is 35.1 Å². The van der Waals surface area contributed by atoms with Crippen molar-refractivity contribution in [2.24, 2.45) is 5.92 Å². The van der Waals surface area contributed by atoms with E-state index in [1.165, 1.54) is 11.8 Å². The van der Waals surface area contributed by atoms with Gasteiger partial charge in [0.25, 0.3) is 0 Å². The quantitative estimate of drug-likeness (QED) is 0.245. The number of anilines is 1. The van der Waals surface area contributed by atoms with E-state index < -0.39 is 35.4 Å². The summed E-state index contributed by atoms with van der Waals surface area (Å²) >= 11 is 6.20. The lowest BCUT2D eigenvalue weighted by Crippen LogP contribution is -2.55. The van der Waals surface area contributed by atoms with Gasteiger partial charge in [0.05, 0.1) is 12.0 Å². The van der Waals surface area contributed by atoms with Gasteiger partial charge in [0.1, 0.15) is 5.54 Å². The van der Waals surface area contributed by atoms with E-state index in [4.69, 9.17) is 11.6 Å². The number of urea groups is 1. The van der Waals surface area contributed by atoms with Crippen LogP contribution in [-0.4, -0.2) is 33.3 Å². The fraction of sp³-hybridized carbons (Fsp3) is 0.182. The number of carboxylic acid groups (broad SMARTS) is 1. The zero-order valence-corrected chi connectivity index (χ0v) is 22.9. The van der Waals surface area contributed by atoms with Gasteiger partial charge in [0.2, 0.25) is 0 Å². The summed E-state index contributed by atoms with van der Waals surface area (Å²) in [5.74, 6) is -3.25. The summed E-state index contributed by atoms with van der Waals surface area (Å²) in [5.41, 5.74) is 1.45. The smallest absolute Gasteiger partial charge is 0.330 e. The molecule has 1 aliphatic heterocycles. The molecule has 0 saturated carbocycles. The number of rotatable bonds is 6. The molecule has 1 fully saturated rings. The normalized spacial score (nSPS) is 22.1. The van der Waals surface area contributed by atoms with Crippen molar-refractivity contribution in [1.29, 1.82) is 0 Å². The average molecular weight is 553 g/mol. The number of nitrogens with zero attached hydrogens (tertiary/aromatic N) is 1. The molecule has 0 bridgehead atoms. The second-order valence-electron chi connectivity index (χ2n) is 10.3. The number of benzene rings is 4. The van der Waals surface area contributed by atoms with Gasteiger partial charge in [-0.05, 0) is 49.2 Å². The highest BCUT2D eigenvalue weighted by Gasteiger charge is 2.65. The molecule has 4 aromatic carbocycles. The standard InChI is InChI=1S/C33H29ClN2O4/c1-21-13-15-23(16-14-21)29-27(30(37)24-9-5-3-6-10-24)28(22-17-19-25(34)20-18-22)33(2,31(38)39)36(29)32(40)35-26-11-7-4-8-12-26/h3-20,27-29H,1-2H3,(H,35,40)(H,38,39). The Hall–Kier alpha value is -4.42.